The van der Waals surface area contributed by atoms with E-state index in [-0.39, 0.29) is 5.91 Å². The first kappa shape index (κ1) is 25.3. The van der Waals surface area contributed by atoms with Gasteiger partial charge in [0, 0.05) is 66.1 Å². The maximum atomic E-state index is 12.3. The van der Waals surface area contributed by atoms with Gasteiger partial charge in [0.15, 0.2) is 0 Å². The number of hydrogen-bond acceptors (Lipinski definition) is 8. The van der Waals surface area contributed by atoms with Crippen LogP contribution in [-0.2, 0) is 9.53 Å². The van der Waals surface area contributed by atoms with Crippen LogP contribution in [-0.4, -0.2) is 72.7 Å². The molecule has 3 heterocycles. The van der Waals surface area contributed by atoms with Crippen LogP contribution in [0.15, 0.2) is 79.1 Å². The number of rotatable bonds is 8. The highest BCUT2D eigenvalue weighted by Gasteiger charge is 2.12. The zero-order valence-corrected chi connectivity index (χ0v) is 21.6. The number of pyridine rings is 1. The summed E-state index contributed by atoms with van der Waals surface area (Å²) in [7, 11) is 3.91. The topological polar surface area (TPSA) is 95.5 Å². The van der Waals surface area contributed by atoms with Gasteiger partial charge in [-0.1, -0.05) is 18.2 Å². The summed E-state index contributed by atoms with van der Waals surface area (Å²) in [5, 5.41) is 7.11. The molecule has 1 aliphatic rings. The fourth-order valence-corrected chi connectivity index (χ4v) is 4.23. The van der Waals surface area contributed by atoms with Crippen molar-refractivity contribution in [3.8, 4) is 11.3 Å². The van der Waals surface area contributed by atoms with Crippen LogP contribution in [0.25, 0.3) is 22.2 Å². The van der Waals surface area contributed by atoms with Crippen LogP contribution < -0.4 is 15.5 Å². The SMILES string of the molecule is CN(C)CC=CC(=O)Nc1cccc(-c2nccc3cnc(Nc4ccc(N5CCOCC5)cc4)nc23)c1. The number of carbonyl (C=O) groups excluding carboxylic acids is 1. The van der Waals surface area contributed by atoms with Gasteiger partial charge in [0.25, 0.3) is 0 Å². The van der Waals surface area contributed by atoms with Crippen molar-refractivity contribution in [2.45, 2.75) is 0 Å². The van der Waals surface area contributed by atoms with Gasteiger partial charge in [0.1, 0.15) is 5.52 Å². The standard InChI is InChI=1S/C29H31N7O2/c1-35(2)14-4-7-26(37)32-24-6-3-5-21(19-24)27-28-22(12-13-30-27)20-31-29(34-28)33-23-8-10-25(11-9-23)36-15-17-38-18-16-36/h3-13,19-20H,14-18H2,1-2H3,(H,32,37)(H,31,33,34). The molecule has 0 saturated carbocycles. The van der Waals surface area contributed by atoms with Gasteiger partial charge in [-0.05, 0) is 56.6 Å². The van der Waals surface area contributed by atoms with E-state index in [1.165, 1.54) is 5.69 Å². The van der Waals surface area contributed by atoms with Gasteiger partial charge in [-0.25, -0.2) is 9.97 Å². The number of morpholine rings is 1. The summed E-state index contributed by atoms with van der Waals surface area (Å²) < 4.78 is 5.45. The molecule has 0 unspecified atom stereocenters. The lowest BCUT2D eigenvalue weighted by Gasteiger charge is -2.28. The molecule has 0 radical (unpaired) electrons. The Balaban J connectivity index is 1.35. The van der Waals surface area contributed by atoms with Crippen molar-refractivity contribution in [2.24, 2.45) is 0 Å². The summed E-state index contributed by atoms with van der Waals surface area (Å²) in [5.74, 6) is 0.310. The first-order valence-corrected chi connectivity index (χ1v) is 12.6. The van der Waals surface area contributed by atoms with Crippen molar-refractivity contribution < 1.29 is 9.53 Å². The van der Waals surface area contributed by atoms with Gasteiger partial charge >= 0.3 is 0 Å². The Morgan fingerprint density at radius 2 is 1.87 bits per heavy atom. The molecule has 9 nitrogen and oxygen atoms in total. The Labute approximate surface area is 222 Å². The van der Waals surface area contributed by atoms with Crippen LogP contribution in [0.5, 0.6) is 0 Å². The molecule has 194 valence electrons. The zero-order valence-electron chi connectivity index (χ0n) is 21.6. The molecule has 9 heteroatoms. The molecule has 1 amide bonds. The van der Waals surface area contributed by atoms with Crippen molar-refractivity contribution in [1.82, 2.24) is 19.9 Å². The van der Waals surface area contributed by atoms with E-state index in [1.807, 2.05) is 67.5 Å². The minimum Gasteiger partial charge on any atom is -0.378 e. The molecule has 5 rings (SSSR count). The Bertz CT molecular complexity index is 1430. The lowest BCUT2D eigenvalue weighted by molar-refractivity contribution is -0.111. The number of carbonyl (C=O) groups is 1. The Morgan fingerprint density at radius 3 is 2.66 bits per heavy atom. The Morgan fingerprint density at radius 1 is 1.05 bits per heavy atom. The number of ether oxygens (including phenoxy) is 1. The second-order valence-corrected chi connectivity index (χ2v) is 9.30. The summed E-state index contributed by atoms with van der Waals surface area (Å²) >= 11 is 0. The van der Waals surface area contributed by atoms with Gasteiger partial charge in [-0.3, -0.25) is 9.78 Å². The van der Waals surface area contributed by atoms with Gasteiger partial charge in [-0.15, -0.1) is 0 Å². The summed E-state index contributed by atoms with van der Waals surface area (Å²) in [6, 6.07) is 17.7. The smallest absolute Gasteiger partial charge is 0.248 e. The van der Waals surface area contributed by atoms with Crippen molar-refractivity contribution >= 4 is 39.8 Å². The van der Waals surface area contributed by atoms with Gasteiger partial charge < -0.3 is 25.2 Å². The average molecular weight is 510 g/mol. The third-order valence-corrected chi connectivity index (χ3v) is 6.14. The average Bonchev–Trinajstić information content (AvgIpc) is 2.93. The number of hydrogen-bond donors (Lipinski definition) is 2. The van der Waals surface area contributed by atoms with Crippen molar-refractivity contribution in [3.05, 3.63) is 79.1 Å². The van der Waals surface area contributed by atoms with Gasteiger partial charge in [0.05, 0.1) is 18.9 Å². The molecule has 2 aromatic heterocycles. The van der Waals surface area contributed by atoms with Crippen LogP contribution in [0, 0.1) is 0 Å². The maximum absolute atomic E-state index is 12.3. The summed E-state index contributed by atoms with van der Waals surface area (Å²) in [4.78, 5) is 30.5. The van der Waals surface area contributed by atoms with Crippen molar-refractivity contribution in [3.63, 3.8) is 0 Å². The first-order valence-electron chi connectivity index (χ1n) is 12.6. The first-order chi connectivity index (χ1) is 18.5. The van der Waals surface area contributed by atoms with E-state index >= 15 is 0 Å². The summed E-state index contributed by atoms with van der Waals surface area (Å²) in [5.41, 5.74) is 5.06. The minimum atomic E-state index is -0.177. The number of nitrogens with one attached hydrogen (secondary N) is 2. The van der Waals surface area contributed by atoms with Crippen LogP contribution >= 0.6 is 0 Å². The van der Waals surface area contributed by atoms with E-state index in [4.69, 9.17) is 9.72 Å². The van der Waals surface area contributed by atoms with Crippen LogP contribution in [0.3, 0.4) is 0 Å². The fourth-order valence-electron chi connectivity index (χ4n) is 4.23. The number of aromatic nitrogens is 3. The van der Waals surface area contributed by atoms with Crippen LogP contribution in [0.1, 0.15) is 0 Å². The molecule has 0 bridgehead atoms. The molecular weight excluding hydrogens is 478 g/mol. The molecule has 1 fully saturated rings. The quantitative estimate of drug-likeness (QED) is 0.339. The van der Waals surface area contributed by atoms with Crippen LogP contribution in [0.4, 0.5) is 23.0 Å². The number of anilines is 4. The van der Waals surface area contributed by atoms with E-state index in [9.17, 15) is 4.79 Å². The highest BCUT2D eigenvalue weighted by Crippen LogP contribution is 2.28. The lowest BCUT2D eigenvalue weighted by atomic mass is 10.1. The van der Waals surface area contributed by atoms with Gasteiger partial charge in [-0.2, -0.15) is 0 Å². The molecule has 38 heavy (non-hydrogen) atoms. The van der Waals surface area contributed by atoms with E-state index < -0.39 is 0 Å². The third-order valence-electron chi connectivity index (χ3n) is 6.14. The van der Waals surface area contributed by atoms with E-state index in [1.54, 1.807) is 18.5 Å². The highest BCUT2D eigenvalue weighted by atomic mass is 16.5. The predicted octanol–water partition coefficient (Wildman–Crippen LogP) is 4.33. The minimum absolute atomic E-state index is 0.177. The number of nitrogens with zero attached hydrogens (tertiary/aromatic N) is 5. The van der Waals surface area contributed by atoms with E-state index in [2.05, 4.69) is 37.6 Å². The molecule has 2 N–H and O–H groups in total. The second-order valence-electron chi connectivity index (χ2n) is 9.30. The maximum Gasteiger partial charge on any atom is 0.248 e. The highest BCUT2D eigenvalue weighted by molar-refractivity contribution is 6.00. The molecule has 0 spiro atoms. The number of likely N-dealkylation sites (N-methyl/N-ethyl adjacent to an activating group) is 1. The molecular formula is C29H31N7O2. The van der Waals surface area contributed by atoms with Crippen molar-refractivity contribution in [1.29, 1.82) is 0 Å². The van der Waals surface area contributed by atoms with E-state index in [0.717, 1.165) is 54.2 Å². The monoisotopic (exact) mass is 509 g/mol. The molecule has 1 saturated heterocycles. The summed E-state index contributed by atoms with van der Waals surface area (Å²) in [6.07, 6.45) is 6.90. The summed E-state index contributed by atoms with van der Waals surface area (Å²) in [6.45, 7) is 4.00. The third kappa shape index (κ3) is 6.31. The Hall–Kier alpha value is -4.34. The lowest BCUT2D eigenvalue weighted by Crippen LogP contribution is -2.36. The molecule has 4 aromatic rings. The number of fused-ring (bicyclic) bond motifs is 1. The fraction of sp³-hybridized carbons (Fsp3) is 0.241. The molecule has 0 atom stereocenters. The van der Waals surface area contributed by atoms with Crippen LogP contribution in [0.2, 0.25) is 0 Å². The molecule has 0 aliphatic carbocycles. The number of benzene rings is 2. The van der Waals surface area contributed by atoms with Crippen molar-refractivity contribution in [2.75, 3.05) is 62.5 Å². The van der Waals surface area contributed by atoms with E-state index in [0.29, 0.717) is 18.2 Å². The normalized spacial score (nSPS) is 13.8. The molecule has 1 aliphatic heterocycles. The zero-order chi connectivity index (χ0) is 26.3. The number of amides is 1. The second kappa shape index (κ2) is 11.8. The molecule has 2 aromatic carbocycles. The predicted molar refractivity (Wildman–Crippen MR) is 152 cm³/mol. The largest absolute Gasteiger partial charge is 0.378 e. The van der Waals surface area contributed by atoms with Gasteiger partial charge in [0.2, 0.25) is 11.9 Å². The Kier molecular flexibility index (Phi) is 7.86.